The zero-order chi connectivity index (χ0) is 30.4. The van der Waals surface area contributed by atoms with Gasteiger partial charge in [-0.25, -0.2) is 9.79 Å². The second kappa shape index (κ2) is 14.0. The third-order valence-electron chi connectivity index (χ3n) is 6.31. The number of fused-ring (bicyclic) bond motifs is 1. The number of carbonyl (C=O) groups is 1. The predicted octanol–water partition coefficient (Wildman–Crippen LogP) is 5.30. The molecule has 0 radical (unpaired) electrons. The fourth-order valence-corrected chi connectivity index (χ4v) is 6.15. The summed E-state index contributed by atoms with van der Waals surface area (Å²) in [4.78, 5) is 32.7. The number of terminal acetylenes is 1. The fourth-order valence-electron chi connectivity index (χ4n) is 4.67. The highest BCUT2D eigenvalue weighted by atomic mass is 35.5. The van der Waals surface area contributed by atoms with Gasteiger partial charge < -0.3 is 18.9 Å². The van der Waals surface area contributed by atoms with Crippen LogP contribution in [-0.4, -0.2) is 37.5 Å². The molecule has 0 amide bonds. The number of rotatable bonds is 11. The van der Waals surface area contributed by atoms with Crippen molar-refractivity contribution in [3.05, 3.63) is 82.5 Å². The number of ether oxygens (including phenoxy) is 4. The van der Waals surface area contributed by atoms with Gasteiger partial charge in [-0.3, -0.25) is 9.36 Å². The highest BCUT2D eigenvalue weighted by Crippen LogP contribution is 2.39. The molecule has 42 heavy (non-hydrogen) atoms. The Balaban J connectivity index is 2.00. The molecule has 2 heterocycles. The van der Waals surface area contributed by atoms with Gasteiger partial charge in [0.15, 0.2) is 16.3 Å². The summed E-state index contributed by atoms with van der Waals surface area (Å²) in [5, 5.41) is 0.710. The number of allylic oxidation sites excluding steroid dienone is 1. The summed E-state index contributed by atoms with van der Waals surface area (Å²) in [6.45, 7) is 6.11. The lowest BCUT2D eigenvalue weighted by molar-refractivity contribution is -0.139. The van der Waals surface area contributed by atoms with E-state index >= 15 is 0 Å². The Bertz CT molecular complexity index is 1750. The summed E-state index contributed by atoms with van der Waals surface area (Å²) in [5.41, 5.74) is 1.62. The molecule has 0 saturated heterocycles. The number of aromatic nitrogens is 1. The van der Waals surface area contributed by atoms with Crippen LogP contribution in [0.15, 0.2) is 51.4 Å². The third-order valence-corrected chi connectivity index (χ3v) is 7.81. The van der Waals surface area contributed by atoms with Gasteiger partial charge in [-0.2, -0.15) is 0 Å². The van der Waals surface area contributed by atoms with Crippen LogP contribution in [0.25, 0.3) is 6.08 Å². The Morgan fingerprint density at radius 3 is 2.60 bits per heavy atom. The number of halogens is 2. The van der Waals surface area contributed by atoms with E-state index in [0.717, 1.165) is 6.42 Å². The zero-order valence-electron chi connectivity index (χ0n) is 23.7. The van der Waals surface area contributed by atoms with Gasteiger partial charge in [0.2, 0.25) is 0 Å². The summed E-state index contributed by atoms with van der Waals surface area (Å²) in [6.07, 6.45) is 8.27. The van der Waals surface area contributed by atoms with Crippen LogP contribution in [0, 0.1) is 12.3 Å². The minimum atomic E-state index is -0.875. The average Bonchev–Trinajstić information content (AvgIpc) is 3.26. The van der Waals surface area contributed by atoms with Gasteiger partial charge in [0.05, 0.1) is 41.1 Å². The van der Waals surface area contributed by atoms with Crippen LogP contribution < -0.4 is 29.1 Å². The van der Waals surface area contributed by atoms with Crippen molar-refractivity contribution >= 4 is 46.6 Å². The number of carbonyl (C=O) groups excluding carboxylic acids is 1. The van der Waals surface area contributed by atoms with Crippen molar-refractivity contribution < 1.29 is 23.7 Å². The summed E-state index contributed by atoms with van der Waals surface area (Å²) < 4.78 is 24.3. The minimum Gasteiger partial charge on any atom is -0.496 e. The molecule has 1 atom stereocenters. The molecule has 1 aromatic heterocycles. The highest BCUT2D eigenvalue weighted by Gasteiger charge is 2.36. The van der Waals surface area contributed by atoms with Crippen LogP contribution >= 0.6 is 34.5 Å². The first-order valence-electron chi connectivity index (χ1n) is 13.4. The standard InChI is InChI=1S/C31H30Cl2N2O6S/c1-6-10-22-26(30(37)40-9-4)27(20-17-19(32)11-12-23(20)38-5)35-29(36)25(42-31(35)34-22)16-18-14-21(33)28(41-13-7-2)24(15-18)39-8-3/h2,11-12,14-17,27H,6,8-10,13H2,1,3-5H3/b25-16+/t27-/m1/s1. The molecule has 4 rings (SSSR count). The molecular formula is C31H30Cl2N2O6S. The Labute approximate surface area is 257 Å². The lowest BCUT2D eigenvalue weighted by Gasteiger charge is -2.27. The topological polar surface area (TPSA) is 88.4 Å². The summed E-state index contributed by atoms with van der Waals surface area (Å²) in [5.74, 6) is 3.05. The van der Waals surface area contributed by atoms with E-state index in [1.807, 2.05) is 13.8 Å². The van der Waals surface area contributed by atoms with Crippen molar-refractivity contribution in [2.24, 2.45) is 4.99 Å². The van der Waals surface area contributed by atoms with Crippen LogP contribution in [0.2, 0.25) is 10.0 Å². The Morgan fingerprint density at radius 2 is 1.93 bits per heavy atom. The summed E-state index contributed by atoms with van der Waals surface area (Å²) >= 11 is 14.1. The number of hydrogen-bond donors (Lipinski definition) is 0. The van der Waals surface area contributed by atoms with Crippen molar-refractivity contribution in [2.75, 3.05) is 26.9 Å². The molecule has 0 unspecified atom stereocenters. The second-order valence-electron chi connectivity index (χ2n) is 9.06. The van der Waals surface area contributed by atoms with E-state index in [1.165, 1.54) is 23.0 Å². The van der Waals surface area contributed by atoms with Gasteiger partial charge in [0, 0.05) is 10.6 Å². The Hall–Kier alpha value is -3.71. The SMILES string of the molecule is C#CCOc1c(Cl)cc(/C=c2/sc3n(c2=O)[C@H](c2cc(Cl)ccc2OC)C(C(=O)OCC)=C(CCC)N=3)cc1OCC. The second-order valence-corrected chi connectivity index (χ2v) is 10.9. The summed E-state index contributed by atoms with van der Waals surface area (Å²) in [6, 6.07) is 7.60. The molecule has 1 aliphatic rings. The molecule has 0 saturated carbocycles. The minimum absolute atomic E-state index is 0.0214. The quantitative estimate of drug-likeness (QED) is 0.211. The van der Waals surface area contributed by atoms with E-state index in [1.54, 1.807) is 43.3 Å². The lowest BCUT2D eigenvalue weighted by Crippen LogP contribution is -2.40. The number of methoxy groups -OCH3 is 1. The monoisotopic (exact) mass is 628 g/mol. The molecule has 11 heteroatoms. The lowest BCUT2D eigenvalue weighted by atomic mass is 9.93. The zero-order valence-corrected chi connectivity index (χ0v) is 26.0. The smallest absolute Gasteiger partial charge is 0.338 e. The normalized spacial score (nSPS) is 14.6. The van der Waals surface area contributed by atoms with E-state index < -0.39 is 12.0 Å². The van der Waals surface area contributed by atoms with Gasteiger partial charge in [0.1, 0.15) is 18.4 Å². The van der Waals surface area contributed by atoms with Gasteiger partial charge in [-0.05, 0) is 62.2 Å². The van der Waals surface area contributed by atoms with Crippen molar-refractivity contribution in [1.29, 1.82) is 0 Å². The fraction of sp³-hybridized carbons (Fsp3) is 0.323. The van der Waals surface area contributed by atoms with Gasteiger partial charge >= 0.3 is 5.97 Å². The maximum atomic E-state index is 14.1. The molecule has 0 fully saturated rings. The van der Waals surface area contributed by atoms with E-state index in [4.69, 9.17) is 53.6 Å². The van der Waals surface area contributed by atoms with Crippen LogP contribution in [0.1, 0.15) is 50.8 Å². The summed E-state index contributed by atoms with van der Waals surface area (Å²) in [7, 11) is 1.52. The number of nitrogens with zero attached hydrogens (tertiary/aromatic N) is 2. The van der Waals surface area contributed by atoms with Crippen molar-refractivity contribution in [3.8, 4) is 29.6 Å². The maximum absolute atomic E-state index is 14.1. The first-order chi connectivity index (χ1) is 20.3. The van der Waals surface area contributed by atoms with Crippen LogP contribution in [0.3, 0.4) is 0 Å². The molecule has 0 aliphatic carbocycles. The largest absolute Gasteiger partial charge is 0.496 e. The average molecular weight is 630 g/mol. The number of hydrogen-bond acceptors (Lipinski definition) is 8. The molecule has 3 aromatic rings. The van der Waals surface area contributed by atoms with Crippen LogP contribution in [0.5, 0.6) is 17.2 Å². The number of thiazole rings is 1. The Kier molecular flexibility index (Phi) is 10.4. The van der Waals surface area contributed by atoms with Crippen molar-refractivity contribution in [3.63, 3.8) is 0 Å². The van der Waals surface area contributed by atoms with E-state index in [2.05, 4.69) is 5.92 Å². The molecule has 0 N–H and O–H groups in total. The van der Waals surface area contributed by atoms with Gasteiger partial charge in [0.25, 0.3) is 5.56 Å². The molecule has 2 aromatic carbocycles. The number of esters is 1. The Morgan fingerprint density at radius 1 is 1.14 bits per heavy atom. The molecule has 8 nitrogen and oxygen atoms in total. The van der Waals surface area contributed by atoms with E-state index in [9.17, 15) is 9.59 Å². The highest BCUT2D eigenvalue weighted by molar-refractivity contribution is 7.07. The van der Waals surface area contributed by atoms with Gasteiger partial charge in [-0.1, -0.05) is 53.8 Å². The molecule has 1 aliphatic heterocycles. The first kappa shape index (κ1) is 31.2. The molecule has 0 bridgehead atoms. The predicted molar refractivity (Wildman–Crippen MR) is 165 cm³/mol. The molecular weight excluding hydrogens is 599 g/mol. The third kappa shape index (κ3) is 6.36. The first-order valence-corrected chi connectivity index (χ1v) is 14.9. The van der Waals surface area contributed by atoms with Gasteiger partial charge in [-0.15, -0.1) is 6.42 Å². The molecule has 0 spiro atoms. The van der Waals surface area contributed by atoms with Crippen LogP contribution in [0.4, 0.5) is 0 Å². The number of benzene rings is 2. The van der Waals surface area contributed by atoms with E-state index in [-0.39, 0.29) is 29.4 Å². The maximum Gasteiger partial charge on any atom is 0.338 e. The van der Waals surface area contributed by atoms with E-state index in [0.29, 0.717) is 61.5 Å². The van der Waals surface area contributed by atoms with Crippen molar-refractivity contribution in [1.82, 2.24) is 4.57 Å². The van der Waals surface area contributed by atoms with Crippen LogP contribution in [-0.2, 0) is 9.53 Å². The molecule has 220 valence electrons. The van der Waals surface area contributed by atoms with Crippen molar-refractivity contribution in [2.45, 2.75) is 39.7 Å².